The van der Waals surface area contributed by atoms with Gasteiger partial charge in [-0.2, -0.15) is 0 Å². The Kier molecular flexibility index (Phi) is 15.3. The van der Waals surface area contributed by atoms with E-state index in [1.165, 1.54) is 9.80 Å². The third kappa shape index (κ3) is 12.5. The Balaban J connectivity index is 1.86. The maximum Gasteiger partial charge on any atom is 0.411 e. The molecule has 272 valence electrons. The fourth-order valence-corrected chi connectivity index (χ4v) is 5.82. The number of primary amides is 1. The number of nitrogens with zero attached hydrogens (tertiary/aromatic N) is 2. The zero-order valence-electron chi connectivity index (χ0n) is 30.1. The Morgan fingerprint density at radius 3 is 1.62 bits per heavy atom. The fourth-order valence-electron chi connectivity index (χ4n) is 5.82. The summed E-state index contributed by atoms with van der Waals surface area (Å²) in [7, 11) is 1.59. The molecule has 3 aromatic rings. The number of likely N-dealkylation sites (N-methyl/N-ethyl adjacent to an activating group) is 1. The smallest absolute Gasteiger partial charge is 0.411 e. The molecule has 3 amide bonds. The minimum absolute atomic E-state index is 0.00162. The molecule has 0 saturated carbocycles. The Morgan fingerprint density at radius 2 is 1.18 bits per heavy atom. The van der Waals surface area contributed by atoms with Crippen molar-refractivity contribution in [1.82, 2.24) is 15.1 Å². The number of rotatable bonds is 17. The number of hydrogen-bond donors (Lipinski definition) is 4. The van der Waals surface area contributed by atoms with Crippen molar-refractivity contribution in [3.05, 3.63) is 108 Å². The molecule has 1 unspecified atom stereocenters. The first-order valence-corrected chi connectivity index (χ1v) is 17.1. The topological polar surface area (TPSA) is 155 Å². The van der Waals surface area contributed by atoms with E-state index in [4.69, 9.17) is 15.2 Å². The lowest BCUT2D eigenvalue weighted by Crippen LogP contribution is -2.60. The molecule has 0 saturated heterocycles. The molecule has 0 spiro atoms. The van der Waals surface area contributed by atoms with Gasteiger partial charge in [0.25, 0.3) is 0 Å². The van der Waals surface area contributed by atoms with Crippen LogP contribution in [0.3, 0.4) is 0 Å². The van der Waals surface area contributed by atoms with Gasteiger partial charge in [0.1, 0.15) is 18.2 Å². The summed E-state index contributed by atoms with van der Waals surface area (Å²) in [5.74, 6) is -1.11. The van der Waals surface area contributed by atoms with E-state index >= 15 is 0 Å². The van der Waals surface area contributed by atoms with Gasteiger partial charge in [0.15, 0.2) is 0 Å². The van der Waals surface area contributed by atoms with E-state index in [1.807, 2.05) is 91.0 Å². The Hall–Kier alpha value is -4.45. The van der Waals surface area contributed by atoms with E-state index in [2.05, 4.69) is 5.32 Å². The number of nitrogens with two attached hydrogens (primary N) is 1. The lowest BCUT2D eigenvalue weighted by Gasteiger charge is -2.40. The molecule has 0 fully saturated rings. The van der Waals surface area contributed by atoms with Gasteiger partial charge in [-0.15, -0.1) is 0 Å². The standard InChI is InChI=1S/C39H54N4O7/c1-27(2)35(36(40)46)43(38(48)49-26-30-20-14-9-15-21-30)32(23-29-18-12-8-13-19-29)34(45)25-41-24-33(44)31(22-28-16-10-7-11-17-28)42(6)37(47)50-39(3,4)5/h7-21,27,31-35,41,44-45H,22-26H2,1-6H3,(H2,40,46)/t31-,32-,33?,34+,35+/m1/s1. The normalized spacial score (nSPS) is 14.6. The van der Waals surface area contributed by atoms with Crippen molar-refractivity contribution in [2.75, 3.05) is 20.1 Å². The number of aliphatic hydroxyl groups is 2. The number of ether oxygens (including phenoxy) is 2. The van der Waals surface area contributed by atoms with Gasteiger partial charge in [0, 0.05) is 20.1 Å². The molecule has 3 rings (SSSR count). The predicted octanol–water partition coefficient (Wildman–Crippen LogP) is 4.54. The van der Waals surface area contributed by atoms with Gasteiger partial charge in [-0.05, 0) is 56.2 Å². The number of amides is 3. The van der Waals surface area contributed by atoms with Crippen molar-refractivity contribution < 1.29 is 34.1 Å². The Morgan fingerprint density at radius 1 is 0.740 bits per heavy atom. The van der Waals surface area contributed by atoms with Crippen LogP contribution in [0, 0.1) is 5.92 Å². The zero-order valence-corrected chi connectivity index (χ0v) is 30.1. The molecule has 11 heteroatoms. The van der Waals surface area contributed by atoms with Crippen molar-refractivity contribution in [3.63, 3.8) is 0 Å². The van der Waals surface area contributed by atoms with Crippen LogP contribution in [0.15, 0.2) is 91.0 Å². The van der Waals surface area contributed by atoms with Gasteiger partial charge in [0.05, 0.1) is 24.3 Å². The Bertz CT molecular complexity index is 1470. The van der Waals surface area contributed by atoms with E-state index in [-0.39, 0.29) is 32.0 Å². The van der Waals surface area contributed by atoms with Gasteiger partial charge in [-0.3, -0.25) is 9.69 Å². The minimum Gasteiger partial charge on any atom is -0.445 e. The van der Waals surface area contributed by atoms with E-state index < -0.39 is 54.0 Å². The molecule has 5 atom stereocenters. The first-order valence-electron chi connectivity index (χ1n) is 17.1. The first kappa shape index (κ1) is 40.0. The van der Waals surface area contributed by atoms with Gasteiger partial charge >= 0.3 is 12.2 Å². The SMILES string of the molecule is CC(C)[C@@H](C(N)=O)N(C(=O)OCc1ccccc1)[C@H](Cc1ccccc1)[C@@H](O)CNCC(O)[C@@H](Cc1ccccc1)N(C)C(=O)OC(C)(C)C. The predicted molar refractivity (Wildman–Crippen MR) is 193 cm³/mol. The lowest BCUT2D eigenvalue weighted by molar-refractivity contribution is -0.126. The highest BCUT2D eigenvalue weighted by Gasteiger charge is 2.40. The molecule has 0 bridgehead atoms. The summed E-state index contributed by atoms with van der Waals surface area (Å²) in [6.45, 7) is 8.79. The van der Waals surface area contributed by atoms with Crippen molar-refractivity contribution in [2.45, 2.75) is 90.0 Å². The molecular formula is C39H54N4O7. The average Bonchev–Trinajstić information content (AvgIpc) is 3.07. The van der Waals surface area contributed by atoms with Crippen LogP contribution >= 0.6 is 0 Å². The van der Waals surface area contributed by atoms with Gasteiger partial charge in [0.2, 0.25) is 5.91 Å². The summed E-state index contributed by atoms with van der Waals surface area (Å²) in [4.78, 5) is 42.4. The number of benzene rings is 3. The maximum atomic E-state index is 13.9. The van der Waals surface area contributed by atoms with Crippen LogP contribution in [-0.4, -0.2) is 94.2 Å². The third-order valence-electron chi connectivity index (χ3n) is 8.35. The second-order valence-electron chi connectivity index (χ2n) is 13.9. The lowest BCUT2D eigenvalue weighted by atomic mass is 9.94. The molecule has 3 aromatic carbocycles. The van der Waals surface area contributed by atoms with Crippen LogP contribution in [0.4, 0.5) is 9.59 Å². The molecule has 0 radical (unpaired) electrons. The summed E-state index contributed by atoms with van der Waals surface area (Å²) in [6, 6.07) is 25.3. The van der Waals surface area contributed by atoms with Gasteiger partial charge < -0.3 is 35.6 Å². The zero-order chi connectivity index (χ0) is 36.8. The number of aliphatic hydroxyl groups excluding tert-OH is 2. The summed E-state index contributed by atoms with van der Waals surface area (Å²) in [5.41, 5.74) is 7.67. The molecule has 0 heterocycles. The van der Waals surface area contributed by atoms with Crippen LogP contribution in [0.2, 0.25) is 0 Å². The second kappa shape index (κ2) is 19.1. The van der Waals surface area contributed by atoms with E-state index in [1.54, 1.807) is 41.7 Å². The molecular weight excluding hydrogens is 636 g/mol. The highest BCUT2D eigenvalue weighted by molar-refractivity contribution is 5.84. The van der Waals surface area contributed by atoms with Crippen LogP contribution < -0.4 is 11.1 Å². The van der Waals surface area contributed by atoms with Crippen LogP contribution in [0.25, 0.3) is 0 Å². The van der Waals surface area contributed by atoms with Crippen molar-refractivity contribution in [2.24, 2.45) is 11.7 Å². The number of carbonyl (C=O) groups is 3. The molecule has 0 aliphatic carbocycles. The monoisotopic (exact) mass is 690 g/mol. The molecule has 11 nitrogen and oxygen atoms in total. The van der Waals surface area contributed by atoms with Gasteiger partial charge in [-0.25, -0.2) is 9.59 Å². The highest BCUT2D eigenvalue weighted by atomic mass is 16.6. The quantitative estimate of drug-likeness (QED) is 0.161. The minimum atomic E-state index is -1.22. The molecule has 0 aliphatic heterocycles. The van der Waals surface area contributed by atoms with Crippen molar-refractivity contribution in [1.29, 1.82) is 0 Å². The van der Waals surface area contributed by atoms with Crippen molar-refractivity contribution in [3.8, 4) is 0 Å². The third-order valence-corrected chi connectivity index (χ3v) is 8.35. The average molecular weight is 691 g/mol. The van der Waals surface area contributed by atoms with E-state index in [9.17, 15) is 24.6 Å². The second-order valence-corrected chi connectivity index (χ2v) is 13.9. The molecule has 5 N–H and O–H groups in total. The van der Waals surface area contributed by atoms with Crippen LogP contribution in [0.1, 0.15) is 51.3 Å². The molecule has 0 aromatic heterocycles. The van der Waals surface area contributed by atoms with Crippen molar-refractivity contribution >= 4 is 18.1 Å². The molecule has 50 heavy (non-hydrogen) atoms. The van der Waals surface area contributed by atoms with Crippen LogP contribution in [-0.2, 0) is 33.7 Å². The summed E-state index contributed by atoms with van der Waals surface area (Å²) in [6.07, 6.45) is -3.09. The highest BCUT2D eigenvalue weighted by Crippen LogP contribution is 2.23. The first-order chi connectivity index (χ1) is 23.7. The molecule has 0 aliphatic rings. The summed E-state index contributed by atoms with van der Waals surface area (Å²) >= 11 is 0. The Labute approximate surface area is 296 Å². The van der Waals surface area contributed by atoms with Crippen LogP contribution in [0.5, 0.6) is 0 Å². The number of carbonyl (C=O) groups excluding carboxylic acids is 3. The van der Waals surface area contributed by atoms with E-state index in [0.29, 0.717) is 6.42 Å². The maximum absolute atomic E-state index is 13.9. The summed E-state index contributed by atoms with van der Waals surface area (Å²) in [5, 5.41) is 26.3. The van der Waals surface area contributed by atoms with Gasteiger partial charge in [-0.1, -0.05) is 105 Å². The number of hydrogen-bond acceptors (Lipinski definition) is 8. The van der Waals surface area contributed by atoms with E-state index in [0.717, 1.165) is 16.7 Å². The fraction of sp³-hybridized carbons (Fsp3) is 0.462. The number of nitrogens with one attached hydrogen (secondary N) is 1. The largest absolute Gasteiger partial charge is 0.445 e. The summed E-state index contributed by atoms with van der Waals surface area (Å²) < 4.78 is 11.3.